The molecule has 0 bridgehead atoms. The summed E-state index contributed by atoms with van der Waals surface area (Å²) in [6, 6.07) is 38.0. The Bertz CT molecular complexity index is 3870. The van der Waals surface area contributed by atoms with Gasteiger partial charge in [0.2, 0.25) is 0 Å². The minimum absolute atomic E-state index is 0.00620. The van der Waals surface area contributed by atoms with Gasteiger partial charge in [0.05, 0.1) is 44.0 Å². The van der Waals surface area contributed by atoms with Crippen molar-refractivity contribution in [2.45, 2.75) is 196 Å². The van der Waals surface area contributed by atoms with Crippen LogP contribution in [-0.4, -0.2) is 183 Å². The van der Waals surface area contributed by atoms with Crippen LogP contribution < -0.4 is 10.6 Å². The molecule has 10 rings (SSSR count). The van der Waals surface area contributed by atoms with Crippen LogP contribution in [0.1, 0.15) is 68.9 Å². The van der Waals surface area contributed by atoms with Gasteiger partial charge < -0.3 is 81.7 Å². The number of fused-ring (bicyclic) bond motifs is 1. The Morgan fingerprint density at radius 1 is 0.548 bits per heavy atom. The van der Waals surface area contributed by atoms with Gasteiger partial charge in [0.15, 0.2) is 43.3 Å². The Morgan fingerprint density at radius 3 is 1.63 bits per heavy atom. The summed E-state index contributed by atoms with van der Waals surface area (Å²) < 4.78 is 95.4. The van der Waals surface area contributed by atoms with Gasteiger partial charge in [-0.15, -0.1) is 0 Å². The van der Waals surface area contributed by atoms with Gasteiger partial charge in [-0.1, -0.05) is 167 Å². The maximum Gasteiger partial charge on any atom is 0.410 e. The van der Waals surface area contributed by atoms with Crippen LogP contribution in [0, 0.1) is 0 Å². The Kier molecular flexibility index (Phi) is 27.1. The number of alkyl carbamates (subject to hydrolysis) is 2. The zero-order valence-electron chi connectivity index (χ0n) is 57.1. The summed E-state index contributed by atoms with van der Waals surface area (Å²) in [4.78, 5) is 106. The summed E-state index contributed by atoms with van der Waals surface area (Å²) in [6.45, 7) is 4.03. The van der Waals surface area contributed by atoms with Gasteiger partial charge in [0.25, 0.3) is 0 Å². The van der Waals surface area contributed by atoms with Crippen molar-refractivity contribution in [3.05, 3.63) is 211 Å². The van der Waals surface area contributed by atoms with Crippen LogP contribution in [0.15, 0.2) is 167 Å². The smallest absolute Gasteiger partial charge is 0.410 e. The molecule has 0 spiro atoms. The number of amides is 3. The fraction of sp³-hybridized carbons (Fsp3) is 0.471. The summed E-state index contributed by atoms with van der Waals surface area (Å²) in [6.07, 6.45) is -27.4. The van der Waals surface area contributed by atoms with E-state index in [-0.39, 0.29) is 39.4 Å². The second-order valence-electron chi connectivity index (χ2n) is 24.8. The van der Waals surface area contributed by atoms with Crippen molar-refractivity contribution in [1.82, 2.24) is 15.5 Å². The third-order valence-electron chi connectivity index (χ3n) is 17.6. The summed E-state index contributed by atoms with van der Waals surface area (Å²) in [5.41, 5.74) is 33.4. The maximum atomic E-state index is 14.8. The number of nitrogens with zero attached hydrogens (tertiary/aromatic N) is 10. The summed E-state index contributed by atoms with van der Waals surface area (Å²) in [5, 5.41) is 17.4. The van der Waals surface area contributed by atoms with E-state index >= 15 is 0 Å². The van der Waals surface area contributed by atoms with E-state index in [1.165, 1.54) is 4.90 Å². The van der Waals surface area contributed by atoms with E-state index in [1.807, 2.05) is 78.9 Å². The van der Waals surface area contributed by atoms with E-state index in [2.05, 4.69) is 40.7 Å². The normalized spacial score (nSPS) is 28.4. The first-order valence-corrected chi connectivity index (χ1v) is 33.3. The number of benzene rings is 5. The minimum atomic E-state index is -1.97. The second-order valence-corrected chi connectivity index (χ2v) is 24.8. The van der Waals surface area contributed by atoms with Gasteiger partial charge in [-0.05, 0) is 57.8 Å². The molecule has 34 heteroatoms. The first kappa shape index (κ1) is 76.0. The molecule has 550 valence electrons. The minimum Gasteiger partial charge on any atom is -0.463 e. The molecule has 20 atom stereocenters. The van der Waals surface area contributed by atoms with Crippen molar-refractivity contribution < 1.29 is 105 Å². The van der Waals surface area contributed by atoms with Crippen LogP contribution in [-0.2, 0) is 123 Å². The molecule has 5 fully saturated rings. The number of hydrogen-bond acceptors (Lipinski definition) is 25. The van der Waals surface area contributed by atoms with Gasteiger partial charge in [0, 0.05) is 49.0 Å². The molecule has 0 radical (unpaired) electrons. The van der Waals surface area contributed by atoms with E-state index in [0.717, 1.165) is 33.3 Å². The monoisotopic (exact) mass is 1440 g/mol. The van der Waals surface area contributed by atoms with E-state index in [4.69, 9.17) is 71.1 Å². The third kappa shape index (κ3) is 20.2. The molecular formula is C70H78N12O22. The maximum absolute atomic E-state index is 14.8. The second kappa shape index (κ2) is 37.0. The number of ether oxygens (including phenoxy) is 15. The molecule has 1 aliphatic carbocycles. The highest BCUT2D eigenvalue weighted by molar-refractivity contribution is 5.72. The fourth-order valence-electron chi connectivity index (χ4n) is 12.9. The Balaban J connectivity index is 1.10. The van der Waals surface area contributed by atoms with Crippen molar-refractivity contribution in [2.75, 3.05) is 13.2 Å². The number of hydrogen-bond donors (Lipinski definition) is 2. The van der Waals surface area contributed by atoms with E-state index < -0.39 is 178 Å². The fourth-order valence-corrected chi connectivity index (χ4v) is 12.9. The quantitative estimate of drug-likeness (QED) is 0.0142. The molecule has 4 saturated heterocycles. The highest BCUT2D eigenvalue weighted by Gasteiger charge is 2.63. The standard InChI is InChI=1S/C70H78N12O22/c1-39(82(33-44-21-11-6-12-22-44)70(89)94-37-48-29-19-10-20-30-48)56-50(91-34-45-23-13-7-14-24-45)31-49(77-80-72)65(100-56)102-60-53(75-68(87)93-36-47-27-17-9-18-28-47)59(92-35-46-25-15-8-16-26-46)54-61(104-69(88)76-54)63(60)103-67-64(97-43(5)86)58(52(99-67)38-90-40(2)83)101-66-55(78-81-73)62(96-42(4)85)57(95-41(3)84)51(98-66)32-74-79-71/h6-30,39,49-67H,31-38H2,1-5H3,(H,75,87)(H,76,88)/t39-,49-,50+,51+,52-,53+,54-,55-,56-,57-,58-,59+,60-,61+,62-,63+,64-,65-,66-,67+/m1/s1. The summed E-state index contributed by atoms with van der Waals surface area (Å²) in [7, 11) is 0. The number of nitrogens with one attached hydrogen (secondary N) is 2. The molecule has 0 unspecified atom stereocenters. The Hall–Kier alpha value is -10.6. The number of esters is 4. The number of rotatable bonds is 30. The van der Waals surface area contributed by atoms with Gasteiger partial charge in [-0.3, -0.25) is 24.1 Å². The largest absolute Gasteiger partial charge is 0.463 e. The van der Waals surface area contributed by atoms with Gasteiger partial charge in [-0.25, -0.2) is 14.4 Å². The van der Waals surface area contributed by atoms with E-state index in [9.17, 15) is 50.2 Å². The first-order valence-electron chi connectivity index (χ1n) is 33.3. The summed E-state index contributed by atoms with van der Waals surface area (Å²) >= 11 is 0. The molecule has 34 nitrogen and oxygen atoms in total. The number of azide groups is 3. The highest BCUT2D eigenvalue weighted by atomic mass is 16.8. The Labute approximate surface area is 595 Å². The number of carbonyl (C=O) groups is 7. The summed E-state index contributed by atoms with van der Waals surface area (Å²) in [5.74, 6) is -3.71. The molecule has 0 aromatic heterocycles. The molecular weight excluding hydrogens is 1360 g/mol. The Morgan fingerprint density at radius 2 is 1.07 bits per heavy atom. The third-order valence-corrected chi connectivity index (χ3v) is 17.6. The van der Waals surface area contributed by atoms with Crippen LogP contribution in [0.3, 0.4) is 0 Å². The zero-order valence-corrected chi connectivity index (χ0v) is 57.1. The molecule has 4 aliphatic heterocycles. The lowest BCUT2D eigenvalue weighted by Crippen LogP contribution is -2.72. The average molecular weight is 1440 g/mol. The van der Waals surface area contributed by atoms with Crippen molar-refractivity contribution in [3.8, 4) is 0 Å². The van der Waals surface area contributed by atoms with Crippen LogP contribution >= 0.6 is 0 Å². The SMILES string of the molecule is CC(=O)OC[C@H]1O[C@@H](O[C@H]2[C@H](O[C@H]3O[C@H]([C@@H](C)N(Cc4ccccc4)C(=O)OCc4ccccc4)[C@@H](OCc4ccccc4)C[C@H]3N=[N+]=[N-])[C@@H](NC(=O)OCc3ccccc3)[C@H](OCc3ccccc3)[C@H]3NC(=O)O[C@@H]32)[C@H](OC(C)=O)[C@@H]1O[C@H]1O[C@@H](CN=[N+]=[N-])[C@@H](OC(C)=O)[C@H](OC(C)=O)[C@H]1N=[N+]=[N-]. The van der Waals surface area contributed by atoms with Crippen molar-refractivity contribution >= 4 is 42.2 Å². The molecule has 104 heavy (non-hydrogen) atoms. The number of carbonyl (C=O) groups excluding carboxylic acids is 7. The van der Waals surface area contributed by atoms with Crippen molar-refractivity contribution in [1.29, 1.82) is 0 Å². The molecule has 5 aliphatic rings. The zero-order chi connectivity index (χ0) is 73.7. The highest BCUT2D eigenvalue weighted by Crippen LogP contribution is 2.42. The van der Waals surface area contributed by atoms with Crippen molar-refractivity contribution in [2.24, 2.45) is 15.3 Å². The first-order chi connectivity index (χ1) is 50.4. The van der Waals surface area contributed by atoms with E-state index in [0.29, 0.717) is 22.3 Å². The lowest BCUT2D eigenvalue weighted by Gasteiger charge is -2.50. The molecule has 5 aromatic rings. The molecule has 4 heterocycles. The van der Waals surface area contributed by atoms with Crippen LogP contribution in [0.2, 0.25) is 0 Å². The van der Waals surface area contributed by atoms with E-state index in [1.54, 1.807) is 79.7 Å². The molecule has 5 aromatic carbocycles. The van der Waals surface area contributed by atoms with Crippen LogP contribution in [0.5, 0.6) is 0 Å². The predicted molar refractivity (Wildman–Crippen MR) is 357 cm³/mol. The van der Waals surface area contributed by atoms with Gasteiger partial charge in [-0.2, -0.15) is 0 Å². The van der Waals surface area contributed by atoms with Gasteiger partial charge in [0.1, 0.15) is 74.6 Å². The topological polar surface area (TPSA) is 432 Å². The van der Waals surface area contributed by atoms with Crippen LogP contribution in [0.4, 0.5) is 14.4 Å². The predicted octanol–water partition coefficient (Wildman–Crippen LogP) is 8.92. The molecule has 2 N–H and O–H groups in total. The van der Waals surface area contributed by atoms with Gasteiger partial charge >= 0.3 is 42.2 Å². The average Bonchev–Trinajstić information content (AvgIpc) is 1.48. The van der Waals surface area contributed by atoms with Crippen LogP contribution in [0.25, 0.3) is 31.3 Å². The lowest BCUT2D eigenvalue weighted by molar-refractivity contribution is -0.309. The van der Waals surface area contributed by atoms with Crippen molar-refractivity contribution in [3.63, 3.8) is 0 Å². The molecule has 1 saturated carbocycles. The lowest BCUT2D eigenvalue weighted by atomic mass is 9.81. The molecule has 3 amide bonds.